The van der Waals surface area contributed by atoms with E-state index in [4.69, 9.17) is 0 Å². The Hall–Kier alpha value is -5.14. The van der Waals surface area contributed by atoms with Gasteiger partial charge < -0.3 is 4.40 Å². The fourth-order valence-corrected chi connectivity index (χ4v) is 7.84. The van der Waals surface area contributed by atoms with Crippen molar-refractivity contribution in [2.45, 2.75) is 46.5 Å². The van der Waals surface area contributed by atoms with E-state index >= 15 is 0 Å². The largest absolute Gasteiger partial charge is 0.308 e. The molecule has 0 atom stereocenters. The Labute approximate surface area is 270 Å². The quantitative estimate of drug-likeness (QED) is 0.192. The molecular weight excluding hydrogens is 555 g/mol. The summed E-state index contributed by atoms with van der Waals surface area (Å²) in [5, 5.41) is 10.5. The van der Waals surface area contributed by atoms with Crippen molar-refractivity contribution in [3.05, 3.63) is 138 Å². The molecule has 0 aliphatic rings. The van der Waals surface area contributed by atoms with Crippen LogP contribution in [0.2, 0.25) is 0 Å². The molecule has 2 aromatic heterocycles. The average Bonchev–Trinajstić information content (AvgIpc) is 3.56. The number of nitrogens with zero attached hydrogens (tertiary/aromatic N) is 1. The smallest absolute Gasteiger partial charge is 0.0620 e. The van der Waals surface area contributed by atoms with Crippen LogP contribution < -0.4 is 0 Å². The van der Waals surface area contributed by atoms with Gasteiger partial charge in [0.25, 0.3) is 0 Å². The third-order valence-electron chi connectivity index (χ3n) is 10.3. The van der Waals surface area contributed by atoms with E-state index < -0.39 is 0 Å². The lowest BCUT2D eigenvalue weighted by molar-refractivity contribution is 0.869. The molecule has 0 radical (unpaired) electrons. The zero-order chi connectivity index (χ0) is 31.3. The molecule has 0 unspecified atom stereocenters. The van der Waals surface area contributed by atoms with E-state index in [2.05, 4.69) is 160 Å². The molecular formula is C45H37N. The fraction of sp³-hybridized carbons (Fsp3) is 0.156. The van der Waals surface area contributed by atoms with E-state index in [1.54, 1.807) is 0 Å². The summed E-state index contributed by atoms with van der Waals surface area (Å²) in [6.07, 6.45) is 0. The molecule has 9 aromatic rings. The average molecular weight is 592 g/mol. The Bertz CT molecular complexity index is 2500. The predicted octanol–water partition coefficient (Wildman–Crippen LogP) is 13.0. The standard InChI is InChI=1S/C45H37N/c1-26(2)30-14-16-32-24-42-38(20-34(32)18-30)40-22-36(44-28(5)10-9-13-37(44)29-11-7-6-8-12-29)23-41-39-21-35-19-31(27(3)4)15-17-33(35)25-43(39)46(42)45(40)41/h6-27H,1-5H3. The van der Waals surface area contributed by atoms with E-state index in [1.807, 2.05) is 0 Å². The van der Waals surface area contributed by atoms with Crippen molar-refractivity contribution < 1.29 is 0 Å². The Kier molecular flexibility index (Phi) is 5.87. The minimum absolute atomic E-state index is 0.493. The lowest BCUT2D eigenvalue weighted by atomic mass is 9.89. The molecule has 0 amide bonds. The highest BCUT2D eigenvalue weighted by Crippen LogP contribution is 2.46. The number of benzene rings is 7. The zero-order valence-electron chi connectivity index (χ0n) is 27.1. The van der Waals surface area contributed by atoms with Crippen molar-refractivity contribution in [2.24, 2.45) is 0 Å². The number of fused-ring (bicyclic) bond motifs is 8. The first-order valence-electron chi connectivity index (χ1n) is 16.7. The summed E-state index contributed by atoms with van der Waals surface area (Å²) in [7, 11) is 0. The highest BCUT2D eigenvalue weighted by molar-refractivity contribution is 6.27. The van der Waals surface area contributed by atoms with Gasteiger partial charge in [-0.15, -0.1) is 0 Å². The van der Waals surface area contributed by atoms with Crippen LogP contribution in [0.5, 0.6) is 0 Å². The highest BCUT2D eigenvalue weighted by atomic mass is 14.9. The van der Waals surface area contributed by atoms with Gasteiger partial charge >= 0.3 is 0 Å². The highest BCUT2D eigenvalue weighted by Gasteiger charge is 2.22. The summed E-state index contributed by atoms with van der Waals surface area (Å²) < 4.78 is 2.54. The van der Waals surface area contributed by atoms with Gasteiger partial charge in [-0.3, -0.25) is 0 Å². The first-order chi connectivity index (χ1) is 22.4. The molecule has 0 saturated carbocycles. The molecule has 0 aliphatic carbocycles. The molecule has 0 bridgehead atoms. The molecule has 0 aliphatic heterocycles. The van der Waals surface area contributed by atoms with Crippen molar-refractivity contribution in [2.75, 3.05) is 0 Å². The maximum absolute atomic E-state index is 2.54. The molecule has 0 spiro atoms. The van der Waals surface area contributed by atoms with Crippen LogP contribution in [0, 0.1) is 6.92 Å². The van der Waals surface area contributed by atoms with Gasteiger partial charge in [0.1, 0.15) is 0 Å². The van der Waals surface area contributed by atoms with Crippen molar-refractivity contribution in [3.8, 4) is 22.3 Å². The SMILES string of the molecule is Cc1cccc(-c2ccccc2)c1-c1cc2c3cc4cc(C(C)C)ccc4cc3n3c4cc5ccc(C(C)C)cc5cc4c(c1)c23. The van der Waals surface area contributed by atoms with Crippen molar-refractivity contribution in [1.29, 1.82) is 0 Å². The van der Waals surface area contributed by atoms with Crippen LogP contribution in [0.3, 0.4) is 0 Å². The van der Waals surface area contributed by atoms with Gasteiger partial charge in [-0.2, -0.15) is 0 Å². The minimum atomic E-state index is 0.493. The predicted molar refractivity (Wildman–Crippen MR) is 200 cm³/mol. The van der Waals surface area contributed by atoms with Gasteiger partial charge in [0, 0.05) is 21.5 Å². The molecule has 46 heavy (non-hydrogen) atoms. The van der Waals surface area contributed by atoms with Gasteiger partial charge in [-0.05, 0) is 116 Å². The third kappa shape index (κ3) is 3.94. The Morgan fingerprint density at radius 1 is 0.457 bits per heavy atom. The maximum atomic E-state index is 2.54. The van der Waals surface area contributed by atoms with Crippen molar-refractivity contribution >= 4 is 59.6 Å². The van der Waals surface area contributed by atoms with E-state index in [-0.39, 0.29) is 0 Å². The lowest BCUT2D eigenvalue weighted by Crippen LogP contribution is -1.89. The van der Waals surface area contributed by atoms with Crippen molar-refractivity contribution in [3.63, 3.8) is 0 Å². The molecule has 222 valence electrons. The number of hydrogen-bond donors (Lipinski definition) is 0. The number of aryl methyl sites for hydroxylation is 1. The lowest BCUT2D eigenvalue weighted by Gasteiger charge is -2.14. The second-order valence-corrected chi connectivity index (χ2v) is 13.9. The molecule has 0 N–H and O–H groups in total. The second kappa shape index (κ2) is 9.93. The van der Waals surface area contributed by atoms with E-state index in [0.29, 0.717) is 11.8 Å². The zero-order valence-corrected chi connectivity index (χ0v) is 27.1. The van der Waals surface area contributed by atoms with Crippen LogP contribution in [0.4, 0.5) is 0 Å². The second-order valence-electron chi connectivity index (χ2n) is 13.9. The Morgan fingerprint density at radius 2 is 1.02 bits per heavy atom. The summed E-state index contributed by atoms with van der Waals surface area (Å²) >= 11 is 0. The first-order valence-corrected chi connectivity index (χ1v) is 16.7. The summed E-state index contributed by atoms with van der Waals surface area (Å²) in [6.45, 7) is 11.4. The number of rotatable bonds is 4. The minimum Gasteiger partial charge on any atom is -0.308 e. The number of hydrogen-bond acceptors (Lipinski definition) is 0. The molecule has 9 rings (SSSR count). The van der Waals surface area contributed by atoms with E-state index in [1.165, 1.54) is 98.6 Å². The topological polar surface area (TPSA) is 4.41 Å². The van der Waals surface area contributed by atoms with Gasteiger partial charge in [-0.1, -0.05) is 113 Å². The molecule has 0 saturated heterocycles. The Morgan fingerprint density at radius 3 is 1.57 bits per heavy atom. The molecule has 7 aromatic carbocycles. The molecule has 1 nitrogen and oxygen atoms in total. The summed E-state index contributed by atoms with van der Waals surface area (Å²) in [5.74, 6) is 0.986. The summed E-state index contributed by atoms with van der Waals surface area (Å²) in [6, 6.07) is 46.2. The Balaban J connectivity index is 1.45. The van der Waals surface area contributed by atoms with Gasteiger partial charge in [0.2, 0.25) is 0 Å². The number of aromatic nitrogens is 1. The molecule has 0 fully saturated rings. The first kappa shape index (κ1) is 27.2. The van der Waals surface area contributed by atoms with Crippen LogP contribution in [0.25, 0.3) is 81.9 Å². The van der Waals surface area contributed by atoms with Crippen LogP contribution in [-0.4, -0.2) is 4.40 Å². The van der Waals surface area contributed by atoms with Crippen LogP contribution >= 0.6 is 0 Å². The monoisotopic (exact) mass is 591 g/mol. The normalized spacial score (nSPS) is 12.4. The van der Waals surface area contributed by atoms with Gasteiger partial charge in [0.05, 0.1) is 16.6 Å². The van der Waals surface area contributed by atoms with E-state index in [9.17, 15) is 0 Å². The third-order valence-corrected chi connectivity index (χ3v) is 10.3. The van der Waals surface area contributed by atoms with Gasteiger partial charge in [-0.25, -0.2) is 0 Å². The molecule has 2 heterocycles. The summed E-state index contributed by atoms with van der Waals surface area (Å²) in [4.78, 5) is 0. The summed E-state index contributed by atoms with van der Waals surface area (Å²) in [5.41, 5.74) is 13.1. The fourth-order valence-electron chi connectivity index (χ4n) is 7.84. The maximum Gasteiger partial charge on any atom is 0.0620 e. The molecule has 1 heteroatoms. The van der Waals surface area contributed by atoms with Crippen molar-refractivity contribution in [1.82, 2.24) is 4.40 Å². The van der Waals surface area contributed by atoms with Gasteiger partial charge in [0.15, 0.2) is 0 Å². The van der Waals surface area contributed by atoms with Crippen LogP contribution in [0.1, 0.15) is 56.2 Å². The van der Waals surface area contributed by atoms with Crippen LogP contribution in [-0.2, 0) is 0 Å². The van der Waals surface area contributed by atoms with E-state index in [0.717, 1.165) is 0 Å². The van der Waals surface area contributed by atoms with Crippen LogP contribution in [0.15, 0.2) is 121 Å².